The number of carbonyl (C=O) groups excluding carboxylic acids is 2. The zero-order valence-electron chi connectivity index (χ0n) is 18.7. The zero-order chi connectivity index (χ0) is 23.9. The van der Waals surface area contributed by atoms with E-state index in [0.29, 0.717) is 31.2 Å². The van der Waals surface area contributed by atoms with Gasteiger partial charge in [-0.05, 0) is 75.0 Å². The fraction of sp³-hybridized carbons (Fsp3) is 0.500. The summed E-state index contributed by atoms with van der Waals surface area (Å²) in [6.07, 6.45) is 4.40. The van der Waals surface area contributed by atoms with Gasteiger partial charge >= 0.3 is 12.1 Å². The van der Waals surface area contributed by atoms with Crippen molar-refractivity contribution in [3.63, 3.8) is 0 Å². The van der Waals surface area contributed by atoms with Crippen LogP contribution in [0.5, 0.6) is 0 Å². The number of nitrogens with one attached hydrogen (secondary N) is 1. The molecule has 2 aliphatic carbocycles. The second kappa shape index (κ2) is 8.71. The lowest BCUT2D eigenvalue weighted by Gasteiger charge is -2.37. The third kappa shape index (κ3) is 4.30. The smallest absolute Gasteiger partial charge is 0.416 e. The number of pyridine rings is 1. The van der Waals surface area contributed by atoms with Gasteiger partial charge in [-0.1, -0.05) is 18.2 Å². The number of benzene rings is 1. The molecule has 1 aliphatic heterocycles. The molecule has 2 saturated carbocycles. The summed E-state index contributed by atoms with van der Waals surface area (Å²) in [4.78, 5) is 29.3. The third-order valence-electron chi connectivity index (χ3n) is 7.74. The molecular weight excluding hydrogens is 445 g/mol. The Morgan fingerprint density at radius 1 is 1.06 bits per heavy atom. The molecule has 1 spiro atoms. The molecule has 2 aromatic rings. The molecule has 0 bridgehead atoms. The van der Waals surface area contributed by atoms with Crippen molar-refractivity contribution < 1.29 is 27.5 Å². The van der Waals surface area contributed by atoms with Crippen molar-refractivity contribution in [2.75, 3.05) is 0 Å². The Balaban J connectivity index is 1.14. The van der Waals surface area contributed by atoms with E-state index in [0.717, 1.165) is 42.9 Å². The Hall–Kier alpha value is -2.90. The maximum absolute atomic E-state index is 13.0. The van der Waals surface area contributed by atoms with Gasteiger partial charge in [-0.25, -0.2) is 4.79 Å². The Morgan fingerprint density at radius 3 is 2.50 bits per heavy atom. The van der Waals surface area contributed by atoms with Crippen molar-refractivity contribution in [1.29, 1.82) is 0 Å². The minimum atomic E-state index is -4.34. The first-order valence-corrected chi connectivity index (χ1v) is 11.9. The molecule has 0 radical (unpaired) electrons. The Kier molecular flexibility index (Phi) is 5.86. The number of alkyl halides is 3. The van der Waals surface area contributed by atoms with Crippen molar-refractivity contribution >= 4 is 11.9 Å². The van der Waals surface area contributed by atoms with Crippen LogP contribution in [0.3, 0.4) is 0 Å². The molecule has 2 fully saturated rings. The average molecular weight is 473 g/mol. The van der Waals surface area contributed by atoms with Gasteiger partial charge in [0.2, 0.25) is 5.91 Å². The van der Waals surface area contributed by atoms with E-state index in [2.05, 4.69) is 10.3 Å². The Morgan fingerprint density at radius 2 is 1.79 bits per heavy atom. The van der Waals surface area contributed by atoms with Crippen LogP contribution in [0.25, 0.3) is 0 Å². The number of amides is 1. The van der Waals surface area contributed by atoms with E-state index in [1.54, 1.807) is 24.5 Å². The van der Waals surface area contributed by atoms with Crippen LogP contribution in [-0.4, -0.2) is 22.9 Å². The lowest BCUT2D eigenvalue weighted by molar-refractivity contribution is -0.137. The van der Waals surface area contributed by atoms with E-state index >= 15 is 0 Å². The third-order valence-corrected chi connectivity index (χ3v) is 7.74. The predicted molar refractivity (Wildman–Crippen MR) is 118 cm³/mol. The molecule has 3 aliphatic rings. The molecule has 5 rings (SSSR count). The van der Waals surface area contributed by atoms with Gasteiger partial charge in [0.15, 0.2) is 0 Å². The minimum absolute atomic E-state index is 0.0214. The van der Waals surface area contributed by atoms with E-state index in [1.807, 2.05) is 0 Å². The molecule has 2 heterocycles. The van der Waals surface area contributed by atoms with Gasteiger partial charge in [0.1, 0.15) is 5.60 Å². The molecular formula is C26H27F3N2O3. The van der Waals surface area contributed by atoms with Crippen molar-refractivity contribution in [2.45, 2.75) is 75.1 Å². The summed E-state index contributed by atoms with van der Waals surface area (Å²) in [6.45, 7) is 0. The molecule has 34 heavy (non-hydrogen) atoms. The fourth-order valence-electron chi connectivity index (χ4n) is 5.80. The lowest BCUT2D eigenvalue weighted by atomic mass is 9.75. The largest absolute Gasteiger partial charge is 0.450 e. The second-order valence-electron chi connectivity index (χ2n) is 9.76. The van der Waals surface area contributed by atoms with Gasteiger partial charge in [-0.3, -0.25) is 9.78 Å². The van der Waals surface area contributed by atoms with Crippen LogP contribution < -0.4 is 5.32 Å². The van der Waals surface area contributed by atoms with Crippen LogP contribution in [0, 0.1) is 5.92 Å². The first kappa shape index (κ1) is 22.9. The van der Waals surface area contributed by atoms with Crippen molar-refractivity contribution in [1.82, 2.24) is 10.3 Å². The van der Waals surface area contributed by atoms with Gasteiger partial charge in [0.25, 0.3) is 0 Å². The number of rotatable bonds is 3. The highest BCUT2D eigenvalue weighted by molar-refractivity contribution is 5.94. The fourth-order valence-corrected chi connectivity index (χ4v) is 5.80. The number of esters is 1. The summed E-state index contributed by atoms with van der Waals surface area (Å²) in [7, 11) is 0. The topological polar surface area (TPSA) is 68.3 Å². The zero-order valence-corrected chi connectivity index (χ0v) is 18.7. The second-order valence-corrected chi connectivity index (χ2v) is 9.76. The summed E-state index contributed by atoms with van der Waals surface area (Å²) >= 11 is 0. The molecule has 5 nitrogen and oxygen atoms in total. The molecule has 0 saturated heterocycles. The number of carbonyl (C=O) groups is 2. The van der Waals surface area contributed by atoms with Crippen LogP contribution in [0.4, 0.5) is 13.2 Å². The average Bonchev–Trinajstić information content (AvgIpc) is 3.11. The maximum atomic E-state index is 13.0. The van der Waals surface area contributed by atoms with Gasteiger partial charge < -0.3 is 10.1 Å². The molecule has 1 N–H and O–H groups in total. The van der Waals surface area contributed by atoms with E-state index in [9.17, 15) is 22.8 Å². The first-order valence-electron chi connectivity index (χ1n) is 11.9. The molecule has 1 amide bonds. The van der Waals surface area contributed by atoms with E-state index in [1.165, 1.54) is 12.1 Å². The highest BCUT2D eigenvalue weighted by Crippen LogP contribution is 2.48. The van der Waals surface area contributed by atoms with E-state index in [-0.39, 0.29) is 29.8 Å². The number of hydrogen-bond acceptors (Lipinski definition) is 4. The molecule has 0 atom stereocenters. The number of halogens is 3. The summed E-state index contributed by atoms with van der Waals surface area (Å²) in [5, 5.41) is 3.16. The van der Waals surface area contributed by atoms with Crippen molar-refractivity contribution in [2.24, 2.45) is 5.92 Å². The number of aromatic nitrogens is 1. The summed E-state index contributed by atoms with van der Waals surface area (Å²) < 4.78 is 44.8. The maximum Gasteiger partial charge on any atom is 0.416 e. The quantitative estimate of drug-likeness (QED) is 0.599. The number of fused-ring (bicyclic) bond motifs is 2. The van der Waals surface area contributed by atoms with Gasteiger partial charge in [0, 0.05) is 29.9 Å². The van der Waals surface area contributed by atoms with Crippen LogP contribution in [0.2, 0.25) is 0 Å². The van der Waals surface area contributed by atoms with Crippen LogP contribution >= 0.6 is 0 Å². The normalized spacial score (nSPS) is 28.9. The van der Waals surface area contributed by atoms with Crippen LogP contribution in [0.15, 0.2) is 42.7 Å². The van der Waals surface area contributed by atoms with Gasteiger partial charge in [-0.2, -0.15) is 13.2 Å². The number of hydrogen-bond donors (Lipinski definition) is 1. The highest BCUT2D eigenvalue weighted by Gasteiger charge is 2.48. The SMILES string of the molecule is O=C1OC2(CCC(C(=O)N[C@H]3CC[C@H](c4cccc(C(F)(F)F)c4)CC3)CC2)c2cnccc21. The van der Waals surface area contributed by atoms with Crippen molar-refractivity contribution in [3.8, 4) is 0 Å². The van der Waals surface area contributed by atoms with Crippen LogP contribution in [-0.2, 0) is 21.3 Å². The summed E-state index contributed by atoms with van der Waals surface area (Å²) in [6, 6.07) is 7.31. The standard InChI is InChI=1S/C26H27F3N2O3/c27-26(28,29)19-3-1-2-18(14-19)16-4-6-20(7-5-16)31-23(32)17-8-11-25(12-9-17)22-15-30-13-10-21(22)24(33)34-25/h1-3,10,13-17,20H,4-9,11-12H2,(H,31,32)/t16-,17?,20-,25?. The molecule has 1 aromatic carbocycles. The van der Waals surface area contributed by atoms with E-state index < -0.39 is 17.3 Å². The summed E-state index contributed by atoms with van der Waals surface area (Å²) in [5.41, 5.74) is 0.836. The van der Waals surface area contributed by atoms with E-state index in [4.69, 9.17) is 4.74 Å². The van der Waals surface area contributed by atoms with Crippen molar-refractivity contribution in [3.05, 3.63) is 65.0 Å². The first-order chi connectivity index (χ1) is 16.2. The molecule has 8 heteroatoms. The summed E-state index contributed by atoms with van der Waals surface area (Å²) in [5.74, 6) is -0.354. The highest BCUT2D eigenvalue weighted by atomic mass is 19.4. The number of nitrogens with zero attached hydrogens (tertiary/aromatic N) is 1. The lowest BCUT2D eigenvalue weighted by Crippen LogP contribution is -2.43. The molecule has 180 valence electrons. The van der Waals surface area contributed by atoms with Crippen LogP contribution in [0.1, 0.15) is 84.3 Å². The molecule has 0 unspecified atom stereocenters. The predicted octanol–water partition coefficient (Wildman–Crippen LogP) is 5.50. The molecule has 1 aromatic heterocycles. The van der Waals surface area contributed by atoms with Gasteiger partial charge in [-0.15, -0.1) is 0 Å². The Bertz CT molecular complexity index is 1080. The minimum Gasteiger partial charge on any atom is -0.450 e. The Labute approximate surface area is 196 Å². The van der Waals surface area contributed by atoms with Gasteiger partial charge in [0.05, 0.1) is 11.1 Å². The monoisotopic (exact) mass is 472 g/mol. The number of ether oxygens (including phenoxy) is 1.